The number of carbonyl (C=O) groups is 1. The number of benzene rings is 1. The number of nitrogens with one attached hydrogen (secondary N) is 1. The third-order valence-corrected chi connectivity index (χ3v) is 3.19. The first-order valence-electron chi connectivity index (χ1n) is 6.99. The van der Waals surface area contributed by atoms with Crippen LogP contribution in [0.3, 0.4) is 0 Å². The number of rotatable bonds is 3. The third-order valence-electron chi connectivity index (χ3n) is 3.19. The highest BCUT2D eigenvalue weighted by molar-refractivity contribution is 5.81. The van der Waals surface area contributed by atoms with Crippen LogP contribution in [0.15, 0.2) is 24.3 Å². The van der Waals surface area contributed by atoms with E-state index in [2.05, 4.69) is 17.2 Å². The summed E-state index contributed by atoms with van der Waals surface area (Å²) < 4.78 is 10.6. The summed E-state index contributed by atoms with van der Waals surface area (Å²) in [7, 11) is 0. The summed E-state index contributed by atoms with van der Waals surface area (Å²) in [6.07, 6.45) is -0.526. The zero-order chi connectivity index (χ0) is 15.1. The Morgan fingerprint density at radius 3 is 3.10 bits per heavy atom. The van der Waals surface area contributed by atoms with E-state index in [9.17, 15) is 4.79 Å². The van der Waals surface area contributed by atoms with Gasteiger partial charge in [0.1, 0.15) is 0 Å². The Labute approximate surface area is 124 Å². The number of hydrogen-bond donors (Lipinski definition) is 2. The summed E-state index contributed by atoms with van der Waals surface area (Å²) in [6.45, 7) is 3.56. The molecule has 1 amide bonds. The van der Waals surface area contributed by atoms with Gasteiger partial charge in [0, 0.05) is 5.56 Å². The molecule has 1 saturated heterocycles. The molecule has 0 saturated carbocycles. The van der Waals surface area contributed by atoms with E-state index in [0.717, 1.165) is 11.1 Å². The highest BCUT2D eigenvalue weighted by Crippen LogP contribution is 2.14. The zero-order valence-corrected chi connectivity index (χ0v) is 12.1. The second-order valence-corrected chi connectivity index (χ2v) is 4.80. The molecule has 2 atom stereocenters. The summed E-state index contributed by atoms with van der Waals surface area (Å²) in [6, 6.07) is 7.61. The fourth-order valence-corrected chi connectivity index (χ4v) is 2.07. The molecule has 1 aromatic carbocycles. The number of carbonyl (C=O) groups excluding carboxylic acids is 1. The Bertz CT molecular complexity index is 542. The van der Waals surface area contributed by atoms with Crippen molar-refractivity contribution in [1.82, 2.24) is 5.32 Å². The number of amides is 1. The normalized spacial score (nSPS) is 19.2. The highest BCUT2D eigenvalue weighted by atomic mass is 16.6. The lowest BCUT2D eigenvalue weighted by molar-refractivity contribution is -0.148. The molecule has 1 aromatic rings. The molecule has 2 unspecified atom stereocenters. The van der Waals surface area contributed by atoms with Crippen LogP contribution in [-0.4, -0.2) is 38.4 Å². The Balaban J connectivity index is 1.99. The van der Waals surface area contributed by atoms with E-state index in [1.807, 2.05) is 31.2 Å². The average molecular weight is 288 g/mol. The Hall–Kier alpha value is -1.87. The van der Waals surface area contributed by atoms with E-state index in [0.29, 0.717) is 26.4 Å². The smallest absolute Gasteiger partial charge is 0.252 e. The molecule has 2 rings (SSSR count). The maximum atomic E-state index is 12.1. The van der Waals surface area contributed by atoms with E-state index < -0.39 is 6.10 Å². The van der Waals surface area contributed by atoms with Crippen LogP contribution in [0.25, 0.3) is 0 Å². The predicted octanol–water partition coefficient (Wildman–Crippen LogP) is 0.589. The second kappa shape index (κ2) is 7.79. The van der Waals surface area contributed by atoms with Gasteiger partial charge in [-0.25, -0.2) is 0 Å². The third kappa shape index (κ3) is 4.57. The lowest BCUT2D eigenvalue weighted by Crippen LogP contribution is -2.43. The molecule has 3 N–H and O–H groups in total. The summed E-state index contributed by atoms with van der Waals surface area (Å²) in [4.78, 5) is 12.1. The Morgan fingerprint density at radius 2 is 2.38 bits per heavy atom. The molecular weight excluding hydrogens is 268 g/mol. The summed E-state index contributed by atoms with van der Waals surface area (Å²) in [5, 5.41) is 2.93. The standard InChI is InChI=1S/C16H20N2O3/c1-12(18-16(19)15-11-20-8-9-21-15)14-6-2-4-13(10-14)5-3-7-17/h2,4,6,10,12,15H,7-9,11,17H2,1H3,(H,18,19). The lowest BCUT2D eigenvalue weighted by Gasteiger charge is -2.24. The molecule has 0 spiro atoms. The van der Waals surface area contributed by atoms with Crippen LogP contribution in [0.4, 0.5) is 0 Å². The first-order valence-corrected chi connectivity index (χ1v) is 6.99. The second-order valence-electron chi connectivity index (χ2n) is 4.80. The SMILES string of the molecule is CC(NC(=O)C1COCCO1)c1cccc(C#CCN)c1. The molecule has 1 heterocycles. The van der Waals surface area contributed by atoms with E-state index in [-0.39, 0.29) is 11.9 Å². The van der Waals surface area contributed by atoms with E-state index in [4.69, 9.17) is 15.2 Å². The molecule has 112 valence electrons. The van der Waals surface area contributed by atoms with Crippen LogP contribution in [0, 0.1) is 11.8 Å². The van der Waals surface area contributed by atoms with Crippen LogP contribution in [0.1, 0.15) is 24.1 Å². The highest BCUT2D eigenvalue weighted by Gasteiger charge is 2.24. The molecule has 1 aliphatic heterocycles. The van der Waals surface area contributed by atoms with Crippen LogP contribution in [0.2, 0.25) is 0 Å². The molecule has 0 aromatic heterocycles. The number of hydrogen-bond acceptors (Lipinski definition) is 4. The van der Waals surface area contributed by atoms with Crippen LogP contribution >= 0.6 is 0 Å². The van der Waals surface area contributed by atoms with Gasteiger partial charge in [0.25, 0.3) is 5.91 Å². The van der Waals surface area contributed by atoms with Gasteiger partial charge in [-0.05, 0) is 24.6 Å². The molecule has 0 radical (unpaired) electrons. The van der Waals surface area contributed by atoms with E-state index in [1.54, 1.807) is 0 Å². The van der Waals surface area contributed by atoms with Gasteiger partial charge < -0.3 is 20.5 Å². The minimum atomic E-state index is -0.526. The monoisotopic (exact) mass is 288 g/mol. The first kappa shape index (κ1) is 15.5. The van der Waals surface area contributed by atoms with Crippen molar-refractivity contribution in [2.45, 2.75) is 19.1 Å². The van der Waals surface area contributed by atoms with Gasteiger partial charge in [-0.3, -0.25) is 4.79 Å². The van der Waals surface area contributed by atoms with Gasteiger partial charge >= 0.3 is 0 Å². The molecular formula is C16H20N2O3. The molecule has 21 heavy (non-hydrogen) atoms. The van der Waals surface area contributed by atoms with Crippen molar-refractivity contribution in [1.29, 1.82) is 0 Å². The Kier molecular flexibility index (Phi) is 5.76. The maximum Gasteiger partial charge on any atom is 0.252 e. The van der Waals surface area contributed by atoms with Gasteiger partial charge in [0.05, 0.1) is 32.4 Å². The predicted molar refractivity (Wildman–Crippen MR) is 79.5 cm³/mol. The summed E-state index contributed by atoms with van der Waals surface area (Å²) in [5.74, 6) is 5.65. The fourth-order valence-electron chi connectivity index (χ4n) is 2.07. The van der Waals surface area contributed by atoms with Gasteiger partial charge in [-0.1, -0.05) is 24.0 Å². The molecule has 0 bridgehead atoms. The zero-order valence-electron chi connectivity index (χ0n) is 12.1. The minimum absolute atomic E-state index is 0.123. The lowest BCUT2D eigenvalue weighted by atomic mass is 10.0. The Morgan fingerprint density at radius 1 is 1.52 bits per heavy atom. The quantitative estimate of drug-likeness (QED) is 0.798. The average Bonchev–Trinajstić information content (AvgIpc) is 2.54. The topological polar surface area (TPSA) is 73.6 Å². The number of ether oxygens (including phenoxy) is 2. The van der Waals surface area contributed by atoms with Gasteiger partial charge in [-0.2, -0.15) is 0 Å². The van der Waals surface area contributed by atoms with Gasteiger partial charge in [0.2, 0.25) is 0 Å². The molecule has 1 aliphatic rings. The van der Waals surface area contributed by atoms with Crippen molar-refractivity contribution in [3.8, 4) is 11.8 Å². The van der Waals surface area contributed by atoms with Crippen molar-refractivity contribution >= 4 is 5.91 Å². The van der Waals surface area contributed by atoms with Crippen molar-refractivity contribution in [3.63, 3.8) is 0 Å². The summed E-state index contributed by atoms with van der Waals surface area (Å²) in [5.41, 5.74) is 7.24. The van der Waals surface area contributed by atoms with Crippen molar-refractivity contribution < 1.29 is 14.3 Å². The van der Waals surface area contributed by atoms with Crippen LogP contribution in [-0.2, 0) is 14.3 Å². The van der Waals surface area contributed by atoms with Crippen molar-refractivity contribution in [2.75, 3.05) is 26.4 Å². The first-order chi connectivity index (χ1) is 10.2. The number of nitrogens with two attached hydrogens (primary N) is 1. The van der Waals surface area contributed by atoms with E-state index >= 15 is 0 Å². The molecule has 5 heteroatoms. The summed E-state index contributed by atoms with van der Waals surface area (Å²) >= 11 is 0. The van der Waals surface area contributed by atoms with Crippen LogP contribution in [0.5, 0.6) is 0 Å². The molecule has 0 aliphatic carbocycles. The van der Waals surface area contributed by atoms with Gasteiger partial charge in [-0.15, -0.1) is 0 Å². The van der Waals surface area contributed by atoms with Crippen molar-refractivity contribution in [3.05, 3.63) is 35.4 Å². The van der Waals surface area contributed by atoms with E-state index in [1.165, 1.54) is 0 Å². The van der Waals surface area contributed by atoms with Crippen molar-refractivity contribution in [2.24, 2.45) is 5.73 Å². The van der Waals surface area contributed by atoms with Gasteiger partial charge in [0.15, 0.2) is 6.10 Å². The molecule has 1 fully saturated rings. The maximum absolute atomic E-state index is 12.1. The minimum Gasteiger partial charge on any atom is -0.376 e. The molecule has 5 nitrogen and oxygen atoms in total. The van der Waals surface area contributed by atoms with Crippen LogP contribution < -0.4 is 11.1 Å². The largest absolute Gasteiger partial charge is 0.376 e. The fraction of sp³-hybridized carbons (Fsp3) is 0.438.